The molecule has 0 spiro atoms. The van der Waals surface area contributed by atoms with E-state index < -0.39 is 0 Å². The molecule has 4 rings (SSSR count). The molecule has 0 heterocycles. The number of hydrogen-bond acceptors (Lipinski definition) is 0. The van der Waals surface area contributed by atoms with Crippen molar-refractivity contribution in [2.45, 2.75) is 68.2 Å². The van der Waals surface area contributed by atoms with Crippen molar-refractivity contribution in [3.8, 4) is 0 Å². The maximum atomic E-state index is 2.41. The second-order valence-electron chi connectivity index (χ2n) is 8.87. The third-order valence-electron chi connectivity index (χ3n) is 6.46. The Balaban J connectivity index is 0.000000195. The van der Waals surface area contributed by atoms with Gasteiger partial charge in [-0.2, -0.15) is 39.9 Å². The molecule has 0 bridgehead atoms. The van der Waals surface area contributed by atoms with Gasteiger partial charge in [0.25, 0.3) is 0 Å². The normalized spacial score (nSPS) is 14.6. The summed E-state index contributed by atoms with van der Waals surface area (Å²) in [5.74, 6) is 0. The minimum absolute atomic E-state index is 0. The van der Waals surface area contributed by atoms with Gasteiger partial charge in [0.2, 0.25) is 0 Å². The van der Waals surface area contributed by atoms with Crippen LogP contribution in [-0.2, 0) is 39.0 Å². The molecule has 0 aromatic heterocycles. The second-order valence-corrected chi connectivity index (χ2v) is 8.87. The number of rotatable bonds is 0. The van der Waals surface area contributed by atoms with Crippen LogP contribution in [0.3, 0.4) is 0 Å². The molecular weight excluding hydrogens is 391 g/mol. The average Bonchev–Trinajstić information content (AvgIpc) is 3.11. The first-order valence-corrected chi connectivity index (χ1v) is 9.48. The Hall–Kier alpha value is -0.937. The maximum absolute atomic E-state index is 2.41. The van der Waals surface area contributed by atoms with Gasteiger partial charge < -0.3 is 0 Å². The van der Waals surface area contributed by atoms with Crippen molar-refractivity contribution < 1.29 is 26.2 Å². The van der Waals surface area contributed by atoms with Crippen LogP contribution in [0.25, 0.3) is 10.8 Å². The van der Waals surface area contributed by atoms with Crippen molar-refractivity contribution in [1.82, 2.24) is 0 Å². The van der Waals surface area contributed by atoms with Gasteiger partial charge in [-0.25, -0.2) is 0 Å². The molecule has 3 aromatic carbocycles. The van der Waals surface area contributed by atoms with Crippen molar-refractivity contribution in [3.63, 3.8) is 0 Å². The van der Waals surface area contributed by atoms with Gasteiger partial charge in [0.1, 0.15) is 0 Å². The third kappa shape index (κ3) is 3.84. The largest absolute Gasteiger partial charge is 2.00 e. The zero-order valence-corrected chi connectivity index (χ0v) is 20.2. The number of benzene rings is 1. The van der Waals surface area contributed by atoms with Gasteiger partial charge in [0, 0.05) is 0 Å². The fraction of sp³-hybridized carbons (Fsp3) is 0.440. The molecule has 3 aromatic rings. The van der Waals surface area contributed by atoms with E-state index in [1.807, 2.05) is 0 Å². The number of aryl methyl sites for hydroxylation is 1. The van der Waals surface area contributed by atoms with E-state index in [2.05, 4.69) is 79.7 Å². The molecule has 136 valence electrons. The van der Waals surface area contributed by atoms with Crippen molar-refractivity contribution in [2.24, 2.45) is 5.41 Å². The van der Waals surface area contributed by atoms with Gasteiger partial charge in [-0.15, -0.1) is 28.5 Å². The Bertz CT molecular complexity index is 851. The summed E-state index contributed by atoms with van der Waals surface area (Å²) in [4.78, 5) is 0. The quantitative estimate of drug-likeness (QED) is 0.344. The van der Waals surface area contributed by atoms with E-state index in [9.17, 15) is 0 Å². The summed E-state index contributed by atoms with van der Waals surface area (Å²) < 4.78 is 0. The number of hydrogen-bond donors (Lipinski definition) is 0. The van der Waals surface area contributed by atoms with Crippen LogP contribution >= 0.6 is 0 Å². The van der Waals surface area contributed by atoms with E-state index in [0.29, 0.717) is 5.41 Å². The molecule has 0 unspecified atom stereocenters. The van der Waals surface area contributed by atoms with Crippen LogP contribution in [0.5, 0.6) is 0 Å². The van der Waals surface area contributed by atoms with Crippen LogP contribution < -0.4 is 0 Å². The average molecular weight is 424 g/mol. The van der Waals surface area contributed by atoms with Crippen LogP contribution in [0.1, 0.15) is 58.4 Å². The zero-order chi connectivity index (χ0) is 18.5. The zero-order valence-electron chi connectivity index (χ0n) is 17.7. The summed E-state index contributed by atoms with van der Waals surface area (Å²) in [6, 6.07) is 9.28. The minimum Gasteiger partial charge on any atom is -0.196 e. The standard InChI is InChI=1S/C15H17.C10H15.Zr/c1-10-4-5-11-6-12-8-15(2,3)9-13(12)7-14(10)11;1-6-7(2)9(4)10(5)8(6)3;/h4-7H,8-9H2,1-3H3;1-5H3;/q2*-1;+2. The van der Waals surface area contributed by atoms with Crippen molar-refractivity contribution >= 4 is 10.8 Å². The fourth-order valence-electron chi connectivity index (χ4n) is 4.32. The molecule has 26 heavy (non-hydrogen) atoms. The van der Waals surface area contributed by atoms with Crippen LogP contribution in [0.2, 0.25) is 0 Å². The topological polar surface area (TPSA) is 0 Å². The molecule has 0 N–H and O–H groups in total. The van der Waals surface area contributed by atoms with Crippen LogP contribution in [0, 0.1) is 47.0 Å². The molecule has 1 aliphatic rings. The predicted molar refractivity (Wildman–Crippen MR) is 111 cm³/mol. The Labute approximate surface area is 178 Å². The molecule has 0 saturated carbocycles. The van der Waals surface area contributed by atoms with E-state index >= 15 is 0 Å². The Kier molecular flexibility index (Phi) is 6.24. The molecule has 0 aliphatic heterocycles. The first-order chi connectivity index (χ1) is 11.6. The third-order valence-corrected chi connectivity index (χ3v) is 6.46. The molecule has 0 nitrogen and oxygen atoms in total. The van der Waals surface area contributed by atoms with Gasteiger partial charge >= 0.3 is 26.2 Å². The monoisotopic (exact) mass is 422 g/mol. The van der Waals surface area contributed by atoms with Crippen molar-refractivity contribution in [2.75, 3.05) is 0 Å². The van der Waals surface area contributed by atoms with Crippen LogP contribution in [0.4, 0.5) is 0 Å². The SMILES string of the molecule is C[c-]1ccc2cc3c(cc21)CC(C)(C)C3.Cc1c(C)c(C)[c-](C)c1C.[Zr+2]. The summed E-state index contributed by atoms with van der Waals surface area (Å²) in [7, 11) is 0. The molecule has 1 heteroatoms. The van der Waals surface area contributed by atoms with Gasteiger partial charge in [0.15, 0.2) is 0 Å². The first-order valence-electron chi connectivity index (χ1n) is 9.48. The first kappa shape index (κ1) is 21.4. The van der Waals surface area contributed by atoms with E-state index in [0.717, 1.165) is 0 Å². The molecule has 0 amide bonds. The van der Waals surface area contributed by atoms with Gasteiger partial charge in [-0.1, -0.05) is 66.5 Å². The molecular formula is C25H32Zr. The molecule has 0 radical (unpaired) electrons. The van der Waals surface area contributed by atoms with E-state index in [1.165, 1.54) is 57.0 Å². The van der Waals surface area contributed by atoms with Gasteiger partial charge in [-0.3, -0.25) is 0 Å². The Morgan fingerprint density at radius 3 is 1.81 bits per heavy atom. The molecule has 0 atom stereocenters. The van der Waals surface area contributed by atoms with Crippen molar-refractivity contribution in [3.05, 3.63) is 68.8 Å². The molecule has 1 aliphatic carbocycles. The summed E-state index contributed by atoms with van der Waals surface area (Å²) in [5, 5.41) is 2.87. The number of fused-ring (bicyclic) bond motifs is 2. The van der Waals surface area contributed by atoms with Crippen molar-refractivity contribution in [1.29, 1.82) is 0 Å². The summed E-state index contributed by atoms with van der Waals surface area (Å²) >= 11 is 0. The Morgan fingerprint density at radius 2 is 1.35 bits per heavy atom. The summed E-state index contributed by atoms with van der Waals surface area (Å²) in [5.41, 5.74) is 12.4. The molecule has 0 fully saturated rings. The second kappa shape index (κ2) is 7.59. The predicted octanol–water partition coefficient (Wildman–Crippen LogP) is 6.94. The molecule has 0 saturated heterocycles. The summed E-state index contributed by atoms with van der Waals surface area (Å²) in [6.07, 6.45) is 2.48. The van der Waals surface area contributed by atoms with Crippen LogP contribution in [-0.4, -0.2) is 0 Å². The van der Waals surface area contributed by atoms with Gasteiger partial charge in [0.05, 0.1) is 0 Å². The van der Waals surface area contributed by atoms with E-state index in [4.69, 9.17) is 0 Å². The van der Waals surface area contributed by atoms with Gasteiger partial charge in [-0.05, 0) is 18.3 Å². The maximum Gasteiger partial charge on any atom is 2.00 e. The minimum atomic E-state index is 0. The smallest absolute Gasteiger partial charge is 0.196 e. The Morgan fingerprint density at radius 1 is 0.846 bits per heavy atom. The van der Waals surface area contributed by atoms with E-state index in [1.54, 1.807) is 11.1 Å². The van der Waals surface area contributed by atoms with Crippen LogP contribution in [0.15, 0.2) is 24.3 Å². The summed E-state index contributed by atoms with van der Waals surface area (Å²) in [6.45, 7) is 17.9. The van der Waals surface area contributed by atoms with E-state index in [-0.39, 0.29) is 26.2 Å². The fourth-order valence-corrected chi connectivity index (χ4v) is 4.32.